The molecule has 0 fully saturated rings. The molecule has 156 valence electrons. The minimum Gasteiger partial charge on any atom is -0.496 e. The van der Waals surface area contributed by atoms with Crippen LogP contribution in [0.1, 0.15) is 11.1 Å². The SMILES string of the molecule is COc1ccccc1/C=C(\C#N)C(=O)N(c1ccccc1)S(=O)(=O)c1ccc(C)cc1. The molecular weight excluding hydrogens is 412 g/mol. The Balaban J connectivity index is 2.15. The first-order valence-electron chi connectivity index (χ1n) is 9.34. The second-order valence-corrected chi connectivity index (χ2v) is 8.42. The monoisotopic (exact) mass is 432 g/mol. The number of ether oxygens (including phenoxy) is 1. The third-order valence-electron chi connectivity index (χ3n) is 4.52. The normalized spacial score (nSPS) is 11.5. The average molecular weight is 433 g/mol. The van der Waals surface area contributed by atoms with Crippen molar-refractivity contribution >= 4 is 27.7 Å². The van der Waals surface area contributed by atoms with Gasteiger partial charge in [-0.05, 0) is 43.3 Å². The van der Waals surface area contributed by atoms with E-state index in [0.717, 1.165) is 5.56 Å². The van der Waals surface area contributed by atoms with E-state index >= 15 is 0 Å². The van der Waals surface area contributed by atoms with Crippen LogP contribution in [0.15, 0.2) is 89.3 Å². The molecule has 7 heteroatoms. The number of sulfonamides is 1. The predicted octanol–water partition coefficient (Wildman–Crippen LogP) is 4.33. The number of methoxy groups -OCH3 is 1. The number of anilines is 1. The Morgan fingerprint density at radius 1 is 0.968 bits per heavy atom. The van der Waals surface area contributed by atoms with Crippen LogP contribution in [0.3, 0.4) is 0 Å². The quantitative estimate of drug-likeness (QED) is 0.427. The van der Waals surface area contributed by atoms with Gasteiger partial charge in [-0.3, -0.25) is 4.79 Å². The molecule has 0 heterocycles. The van der Waals surface area contributed by atoms with Gasteiger partial charge in [0.25, 0.3) is 15.9 Å². The van der Waals surface area contributed by atoms with E-state index in [-0.39, 0.29) is 16.2 Å². The second kappa shape index (κ2) is 9.28. The molecule has 0 radical (unpaired) electrons. The number of nitrogens with zero attached hydrogens (tertiary/aromatic N) is 2. The summed E-state index contributed by atoms with van der Waals surface area (Å²) in [6.07, 6.45) is 1.32. The fourth-order valence-corrected chi connectivity index (χ4v) is 4.34. The fraction of sp³-hybridized carbons (Fsp3) is 0.0833. The van der Waals surface area contributed by atoms with Gasteiger partial charge in [-0.1, -0.05) is 54.1 Å². The van der Waals surface area contributed by atoms with E-state index in [9.17, 15) is 18.5 Å². The Bertz CT molecular complexity index is 1260. The standard InChI is InChI=1S/C24H20N2O4S/c1-18-12-14-22(15-13-18)31(28,29)26(21-9-4-3-5-10-21)24(27)20(17-25)16-19-8-6-7-11-23(19)30-2/h3-16H,1-2H3/b20-16+. The van der Waals surface area contributed by atoms with Gasteiger partial charge in [-0.25, -0.2) is 8.42 Å². The van der Waals surface area contributed by atoms with Crippen molar-refractivity contribution in [2.45, 2.75) is 11.8 Å². The molecule has 0 saturated carbocycles. The second-order valence-electron chi connectivity index (χ2n) is 6.63. The Morgan fingerprint density at radius 3 is 2.19 bits per heavy atom. The summed E-state index contributed by atoms with van der Waals surface area (Å²) in [6.45, 7) is 1.83. The summed E-state index contributed by atoms with van der Waals surface area (Å²) in [7, 11) is -2.80. The maximum absolute atomic E-state index is 13.4. The summed E-state index contributed by atoms with van der Waals surface area (Å²) in [5.41, 5.74) is 1.15. The molecule has 1 amide bonds. The molecular formula is C24H20N2O4S. The molecule has 3 rings (SSSR count). The topological polar surface area (TPSA) is 87.5 Å². The molecule has 0 aliphatic heterocycles. The van der Waals surface area contributed by atoms with Gasteiger partial charge in [0.15, 0.2) is 0 Å². The largest absolute Gasteiger partial charge is 0.496 e. The molecule has 0 spiro atoms. The number of rotatable bonds is 6. The van der Waals surface area contributed by atoms with Crippen LogP contribution in [-0.2, 0) is 14.8 Å². The molecule has 0 saturated heterocycles. The molecule has 0 atom stereocenters. The Hall–Kier alpha value is -3.89. The van der Waals surface area contributed by atoms with Crippen molar-refractivity contribution in [2.24, 2.45) is 0 Å². The van der Waals surface area contributed by atoms with Crippen molar-refractivity contribution in [3.8, 4) is 11.8 Å². The number of carbonyl (C=O) groups is 1. The zero-order valence-corrected chi connectivity index (χ0v) is 17.8. The van der Waals surface area contributed by atoms with E-state index in [1.54, 1.807) is 54.6 Å². The number of nitriles is 1. The van der Waals surface area contributed by atoms with Gasteiger partial charge in [0.1, 0.15) is 17.4 Å². The zero-order chi connectivity index (χ0) is 22.4. The van der Waals surface area contributed by atoms with Crippen molar-refractivity contribution in [3.05, 3.63) is 95.6 Å². The summed E-state index contributed by atoms with van der Waals surface area (Å²) in [5, 5.41) is 9.69. The highest BCUT2D eigenvalue weighted by Crippen LogP contribution is 2.27. The lowest BCUT2D eigenvalue weighted by molar-refractivity contribution is -0.113. The van der Waals surface area contributed by atoms with E-state index in [1.807, 2.05) is 13.0 Å². The first-order valence-corrected chi connectivity index (χ1v) is 10.8. The van der Waals surface area contributed by atoms with Gasteiger partial charge in [-0.15, -0.1) is 0 Å². The minimum atomic E-state index is -4.27. The van der Waals surface area contributed by atoms with Gasteiger partial charge in [0.05, 0.1) is 17.7 Å². The summed E-state index contributed by atoms with van der Waals surface area (Å²) in [6, 6.07) is 22.8. The summed E-state index contributed by atoms with van der Waals surface area (Å²) in [5.74, 6) is -0.504. The van der Waals surface area contributed by atoms with Crippen LogP contribution in [-0.4, -0.2) is 21.4 Å². The van der Waals surface area contributed by atoms with Gasteiger partial charge >= 0.3 is 0 Å². The van der Waals surface area contributed by atoms with Crippen molar-refractivity contribution in [1.29, 1.82) is 5.26 Å². The highest BCUT2D eigenvalue weighted by Gasteiger charge is 2.33. The van der Waals surface area contributed by atoms with Gasteiger partial charge in [0, 0.05) is 5.56 Å². The number of carbonyl (C=O) groups excluding carboxylic acids is 1. The van der Waals surface area contributed by atoms with E-state index in [4.69, 9.17) is 4.74 Å². The first-order chi connectivity index (χ1) is 14.9. The van der Waals surface area contributed by atoms with E-state index in [1.165, 1.54) is 37.5 Å². The van der Waals surface area contributed by atoms with Crippen LogP contribution in [0, 0.1) is 18.3 Å². The number of amides is 1. The van der Waals surface area contributed by atoms with Gasteiger partial charge in [0.2, 0.25) is 0 Å². The smallest absolute Gasteiger partial charge is 0.282 e. The van der Waals surface area contributed by atoms with Crippen LogP contribution >= 0.6 is 0 Å². The van der Waals surface area contributed by atoms with Crippen LogP contribution in [0.25, 0.3) is 6.08 Å². The third kappa shape index (κ3) is 4.65. The van der Waals surface area contributed by atoms with Crippen molar-refractivity contribution in [1.82, 2.24) is 0 Å². The lowest BCUT2D eigenvalue weighted by Crippen LogP contribution is -2.37. The van der Waals surface area contributed by atoms with Crippen LogP contribution in [0.2, 0.25) is 0 Å². The number of hydrogen-bond acceptors (Lipinski definition) is 5. The van der Waals surface area contributed by atoms with Crippen LogP contribution < -0.4 is 9.04 Å². The maximum atomic E-state index is 13.4. The lowest BCUT2D eigenvalue weighted by atomic mass is 10.1. The molecule has 0 bridgehead atoms. The highest BCUT2D eigenvalue weighted by atomic mass is 32.2. The molecule has 0 aliphatic rings. The van der Waals surface area contributed by atoms with Crippen molar-refractivity contribution < 1.29 is 17.9 Å². The molecule has 0 aliphatic carbocycles. The Morgan fingerprint density at radius 2 is 1.58 bits per heavy atom. The third-order valence-corrected chi connectivity index (χ3v) is 6.25. The minimum absolute atomic E-state index is 0.0510. The number of benzene rings is 3. The molecule has 0 N–H and O–H groups in total. The number of hydrogen-bond donors (Lipinski definition) is 0. The van der Waals surface area contributed by atoms with Crippen LogP contribution in [0.4, 0.5) is 5.69 Å². The van der Waals surface area contributed by atoms with E-state index in [0.29, 0.717) is 15.6 Å². The summed E-state index contributed by atoms with van der Waals surface area (Å²) < 4.78 is 32.8. The molecule has 0 unspecified atom stereocenters. The summed E-state index contributed by atoms with van der Waals surface area (Å²) in [4.78, 5) is 13.3. The van der Waals surface area contributed by atoms with E-state index < -0.39 is 15.9 Å². The van der Waals surface area contributed by atoms with Crippen molar-refractivity contribution in [3.63, 3.8) is 0 Å². The van der Waals surface area contributed by atoms with Gasteiger partial charge < -0.3 is 4.74 Å². The van der Waals surface area contributed by atoms with Crippen LogP contribution in [0.5, 0.6) is 5.75 Å². The van der Waals surface area contributed by atoms with E-state index in [2.05, 4.69) is 0 Å². The molecule has 0 aromatic heterocycles. The fourth-order valence-electron chi connectivity index (χ4n) is 2.94. The maximum Gasteiger partial charge on any atom is 0.282 e. The molecule has 3 aromatic carbocycles. The summed E-state index contributed by atoms with van der Waals surface area (Å²) >= 11 is 0. The average Bonchev–Trinajstić information content (AvgIpc) is 2.78. The molecule has 31 heavy (non-hydrogen) atoms. The zero-order valence-electron chi connectivity index (χ0n) is 17.0. The Kier molecular flexibility index (Phi) is 6.53. The highest BCUT2D eigenvalue weighted by molar-refractivity contribution is 7.93. The number of aryl methyl sites for hydroxylation is 1. The molecule has 6 nitrogen and oxygen atoms in total. The number of para-hydroxylation sites is 2. The predicted molar refractivity (Wildman–Crippen MR) is 119 cm³/mol. The lowest BCUT2D eigenvalue weighted by Gasteiger charge is -2.22. The Labute approximate surface area is 181 Å². The first kappa shape index (κ1) is 21.8. The molecule has 3 aromatic rings. The van der Waals surface area contributed by atoms with Crippen molar-refractivity contribution in [2.75, 3.05) is 11.4 Å². The van der Waals surface area contributed by atoms with Gasteiger partial charge in [-0.2, -0.15) is 9.57 Å².